The van der Waals surface area contributed by atoms with Crippen LogP contribution in [-0.4, -0.2) is 47.6 Å². The van der Waals surface area contributed by atoms with Gasteiger partial charge in [0.1, 0.15) is 21.9 Å². The Morgan fingerprint density at radius 3 is 2.66 bits per heavy atom. The second-order valence-electron chi connectivity index (χ2n) is 7.97. The van der Waals surface area contributed by atoms with Gasteiger partial charge in [0.05, 0.1) is 12.0 Å². The molecule has 4 rings (SSSR count). The first-order valence-corrected chi connectivity index (χ1v) is 11.9. The monoisotopic (exact) mass is 452 g/mol. The van der Waals surface area contributed by atoms with Crippen LogP contribution < -0.4 is 10.2 Å². The summed E-state index contributed by atoms with van der Waals surface area (Å²) in [5, 5.41) is 4.11. The number of benzene rings is 1. The molecule has 0 aliphatic carbocycles. The van der Waals surface area contributed by atoms with Crippen LogP contribution in [0, 0.1) is 6.92 Å². The highest BCUT2D eigenvalue weighted by molar-refractivity contribution is 7.20. The summed E-state index contributed by atoms with van der Waals surface area (Å²) in [7, 11) is 0. The van der Waals surface area contributed by atoms with Crippen LogP contribution in [0.25, 0.3) is 10.2 Å². The molecule has 1 aromatic carbocycles. The minimum atomic E-state index is -0.309. The molecule has 0 spiro atoms. The molecule has 3 aromatic rings. The molecule has 1 amide bonds. The lowest BCUT2D eigenvalue weighted by atomic mass is 10.0. The molecule has 3 heterocycles. The van der Waals surface area contributed by atoms with Gasteiger partial charge in [-0.25, -0.2) is 14.8 Å². The summed E-state index contributed by atoms with van der Waals surface area (Å²) >= 11 is 1.35. The van der Waals surface area contributed by atoms with Crippen molar-refractivity contribution < 1.29 is 14.3 Å². The van der Waals surface area contributed by atoms with Gasteiger partial charge >= 0.3 is 5.97 Å². The average Bonchev–Trinajstić information content (AvgIpc) is 3.16. The third-order valence-corrected chi connectivity index (χ3v) is 6.99. The van der Waals surface area contributed by atoms with E-state index in [9.17, 15) is 9.59 Å². The lowest BCUT2D eigenvalue weighted by molar-refractivity contribution is -0.121. The number of thiophene rings is 1. The maximum atomic E-state index is 12.4. The first kappa shape index (κ1) is 22.2. The van der Waals surface area contributed by atoms with E-state index in [4.69, 9.17) is 4.74 Å². The van der Waals surface area contributed by atoms with E-state index in [1.54, 1.807) is 13.3 Å². The number of hydrogen-bond acceptors (Lipinski definition) is 7. The van der Waals surface area contributed by atoms with Crippen LogP contribution in [0.5, 0.6) is 0 Å². The SMILES string of the molecule is CCOC(=O)c1sc2ncnc(N3CCC(NC(=O)CCc4ccccc4)CC3)c2c1C. The number of nitrogens with one attached hydrogen (secondary N) is 1. The van der Waals surface area contributed by atoms with E-state index in [2.05, 4.69) is 20.2 Å². The van der Waals surface area contributed by atoms with E-state index >= 15 is 0 Å². The summed E-state index contributed by atoms with van der Waals surface area (Å²) in [4.78, 5) is 37.2. The van der Waals surface area contributed by atoms with Gasteiger partial charge < -0.3 is 15.0 Å². The quantitative estimate of drug-likeness (QED) is 0.548. The van der Waals surface area contributed by atoms with Crippen molar-refractivity contribution in [3.8, 4) is 0 Å². The number of piperidine rings is 1. The topological polar surface area (TPSA) is 84.4 Å². The van der Waals surface area contributed by atoms with Crippen LogP contribution in [0.3, 0.4) is 0 Å². The number of esters is 1. The smallest absolute Gasteiger partial charge is 0.348 e. The van der Waals surface area contributed by atoms with Gasteiger partial charge in [0.25, 0.3) is 0 Å². The summed E-state index contributed by atoms with van der Waals surface area (Å²) in [6, 6.07) is 10.3. The average molecular weight is 453 g/mol. The zero-order valence-electron chi connectivity index (χ0n) is 18.5. The van der Waals surface area contributed by atoms with E-state index in [0.29, 0.717) is 17.9 Å². The summed E-state index contributed by atoms with van der Waals surface area (Å²) in [6.07, 6.45) is 4.53. The molecule has 8 heteroatoms. The van der Waals surface area contributed by atoms with Crippen molar-refractivity contribution >= 4 is 39.2 Å². The number of rotatable bonds is 7. The van der Waals surface area contributed by atoms with Gasteiger partial charge in [-0.3, -0.25) is 4.79 Å². The molecule has 1 fully saturated rings. The van der Waals surface area contributed by atoms with Crippen LogP contribution in [0.15, 0.2) is 36.7 Å². The molecule has 1 aliphatic heterocycles. The van der Waals surface area contributed by atoms with Gasteiger partial charge in [-0.05, 0) is 44.2 Å². The number of anilines is 1. The molecule has 2 aromatic heterocycles. The lowest BCUT2D eigenvalue weighted by Crippen LogP contribution is -2.45. The number of fused-ring (bicyclic) bond motifs is 1. The van der Waals surface area contributed by atoms with E-state index < -0.39 is 0 Å². The highest BCUT2D eigenvalue weighted by atomic mass is 32.1. The van der Waals surface area contributed by atoms with Crippen LogP contribution >= 0.6 is 11.3 Å². The third kappa shape index (κ3) is 4.91. The fourth-order valence-corrected chi connectivity index (χ4v) is 5.16. The number of carbonyl (C=O) groups excluding carboxylic acids is 2. The molecule has 0 unspecified atom stereocenters. The van der Waals surface area contributed by atoms with Crippen molar-refractivity contribution in [2.24, 2.45) is 0 Å². The second-order valence-corrected chi connectivity index (χ2v) is 8.97. The van der Waals surface area contributed by atoms with Gasteiger partial charge in [-0.1, -0.05) is 30.3 Å². The Bertz CT molecular complexity index is 1090. The van der Waals surface area contributed by atoms with Crippen molar-refractivity contribution in [2.75, 3.05) is 24.6 Å². The molecule has 1 saturated heterocycles. The van der Waals surface area contributed by atoms with Crippen molar-refractivity contribution in [1.29, 1.82) is 0 Å². The molecular weight excluding hydrogens is 424 g/mol. The van der Waals surface area contributed by atoms with Gasteiger partial charge in [-0.2, -0.15) is 0 Å². The number of aryl methyl sites for hydroxylation is 2. The first-order valence-electron chi connectivity index (χ1n) is 11.1. The fraction of sp³-hybridized carbons (Fsp3) is 0.417. The predicted octanol–water partition coefficient (Wildman–Crippen LogP) is 3.89. The lowest BCUT2D eigenvalue weighted by Gasteiger charge is -2.33. The molecule has 1 aliphatic rings. The van der Waals surface area contributed by atoms with Crippen LogP contribution in [0.1, 0.15) is 47.0 Å². The van der Waals surface area contributed by atoms with Gasteiger partial charge in [-0.15, -0.1) is 11.3 Å². The maximum Gasteiger partial charge on any atom is 0.348 e. The van der Waals surface area contributed by atoms with Gasteiger partial charge in [0, 0.05) is 25.6 Å². The summed E-state index contributed by atoms with van der Waals surface area (Å²) in [5.74, 6) is 0.647. The van der Waals surface area contributed by atoms with Gasteiger partial charge in [0.15, 0.2) is 0 Å². The Morgan fingerprint density at radius 1 is 1.19 bits per heavy atom. The molecule has 1 N–H and O–H groups in total. The standard InChI is InChI=1S/C24H28N4O3S/c1-3-31-24(30)21-16(2)20-22(25-15-26-23(20)32-21)28-13-11-18(12-14-28)27-19(29)10-9-17-7-5-4-6-8-17/h4-8,15,18H,3,9-14H2,1-2H3,(H,27,29). The van der Waals surface area contributed by atoms with E-state index in [-0.39, 0.29) is 17.9 Å². The van der Waals surface area contributed by atoms with E-state index in [1.807, 2.05) is 37.3 Å². The minimum Gasteiger partial charge on any atom is -0.462 e. The highest BCUT2D eigenvalue weighted by Crippen LogP contribution is 2.36. The fourth-order valence-electron chi connectivity index (χ4n) is 4.12. The molecular formula is C24H28N4O3S. The van der Waals surface area contributed by atoms with Crippen LogP contribution in [-0.2, 0) is 16.0 Å². The molecule has 0 bridgehead atoms. The normalized spacial score (nSPS) is 14.5. The van der Waals surface area contributed by atoms with Crippen molar-refractivity contribution in [1.82, 2.24) is 15.3 Å². The van der Waals surface area contributed by atoms with E-state index in [1.165, 1.54) is 16.9 Å². The number of aromatic nitrogens is 2. The van der Waals surface area contributed by atoms with Gasteiger partial charge in [0.2, 0.25) is 5.91 Å². The van der Waals surface area contributed by atoms with Crippen LogP contribution in [0.2, 0.25) is 0 Å². The predicted molar refractivity (Wildman–Crippen MR) is 126 cm³/mol. The Labute approximate surface area is 191 Å². The molecule has 7 nitrogen and oxygen atoms in total. The van der Waals surface area contributed by atoms with Crippen molar-refractivity contribution in [3.63, 3.8) is 0 Å². The number of nitrogens with zero attached hydrogens (tertiary/aromatic N) is 3. The van der Waals surface area contributed by atoms with Crippen LogP contribution in [0.4, 0.5) is 5.82 Å². The molecule has 32 heavy (non-hydrogen) atoms. The Kier molecular flexibility index (Phi) is 6.99. The highest BCUT2D eigenvalue weighted by Gasteiger charge is 2.26. The first-order chi connectivity index (χ1) is 15.6. The summed E-state index contributed by atoms with van der Waals surface area (Å²) < 4.78 is 5.19. The Balaban J connectivity index is 1.38. The molecule has 168 valence electrons. The zero-order chi connectivity index (χ0) is 22.5. The second kappa shape index (κ2) is 10.1. The molecule has 0 saturated carbocycles. The number of ether oxygens (including phenoxy) is 1. The third-order valence-electron chi connectivity index (χ3n) is 5.81. The van der Waals surface area contributed by atoms with Crippen molar-refractivity contribution in [2.45, 2.75) is 45.6 Å². The Morgan fingerprint density at radius 2 is 1.94 bits per heavy atom. The molecule has 0 radical (unpaired) electrons. The number of hydrogen-bond donors (Lipinski definition) is 1. The summed E-state index contributed by atoms with van der Waals surface area (Å²) in [5.41, 5.74) is 2.05. The van der Waals surface area contributed by atoms with Crippen molar-refractivity contribution in [3.05, 3.63) is 52.7 Å². The minimum absolute atomic E-state index is 0.101. The number of carbonyl (C=O) groups is 2. The van der Waals surface area contributed by atoms with E-state index in [0.717, 1.165) is 53.9 Å². The number of amides is 1. The Hall–Kier alpha value is -3.00. The zero-order valence-corrected chi connectivity index (χ0v) is 19.3. The largest absolute Gasteiger partial charge is 0.462 e. The molecule has 0 atom stereocenters. The maximum absolute atomic E-state index is 12.4. The summed E-state index contributed by atoms with van der Waals surface area (Å²) in [6.45, 7) is 5.66.